The first-order valence-electron chi connectivity index (χ1n) is 19.3. The van der Waals surface area contributed by atoms with Crippen molar-refractivity contribution in [1.29, 1.82) is 0 Å². The summed E-state index contributed by atoms with van der Waals surface area (Å²) < 4.78 is 13.6. The minimum atomic E-state index is 0.706. The summed E-state index contributed by atoms with van der Waals surface area (Å²) in [6.07, 6.45) is 0. The normalized spacial score (nSPS) is 11.8. The Morgan fingerprint density at radius 3 is 1.60 bits per heavy atom. The number of ether oxygens (including phenoxy) is 2. The maximum Gasteiger partial charge on any atom is 0.178 e. The molecule has 0 spiro atoms. The lowest BCUT2D eigenvalue weighted by Gasteiger charge is -2.26. The smallest absolute Gasteiger partial charge is 0.178 e. The Morgan fingerprint density at radius 1 is 0.281 bits per heavy atom. The summed E-state index contributed by atoms with van der Waals surface area (Å²) in [5.41, 5.74) is 9.91. The van der Waals surface area contributed by atoms with Crippen molar-refractivity contribution in [3.05, 3.63) is 212 Å². The summed E-state index contributed by atoms with van der Waals surface area (Å²) in [6.45, 7) is 0. The minimum absolute atomic E-state index is 0.706. The van der Waals surface area contributed by atoms with Crippen LogP contribution in [0.25, 0.3) is 65.7 Å². The van der Waals surface area contributed by atoms with Gasteiger partial charge < -0.3 is 14.4 Å². The molecule has 3 heteroatoms. The monoisotopic (exact) mass is 729 g/mol. The van der Waals surface area contributed by atoms with E-state index in [2.05, 4.69) is 205 Å². The second-order valence-corrected chi connectivity index (χ2v) is 14.5. The van der Waals surface area contributed by atoms with Gasteiger partial charge in [-0.15, -0.1) is 0 Å². The quantitative estimate of drug-likeness (QED) is 0.159. The first-order chi connectivity index (χ1) is 28.2. The molecule has 0 fully saturated rings. The van der Waals surface area contributed by atoms with Crippen LogP contribution in [0.2, 0.25) is 0 Å². The van der Waals surface area contributed by atoms with Crippen molar-refractivity contribution in [2.75, 3.05) is 4.90 Å². The fourth-order valence-corrected chi connectivity index (χ4v) is 8.31. The number of hydrogen-bond acceptors (Lipinski definition) is 3. The van der Waals surface area contributed by atoms with Gasteiger partial charge in [0.1, 0.15) is 0 Å². The molecule has 0 aliphatic carbocycles. The highest BCUT2D eigenvalue weighted by atomic mass is 16.6. The molecule has 1 heterocycles. The molecule has 11 rings (SSSR count). The Balaban J connectivity index is 0.955. The number of nitrogens with zero attached hydrogens (tertiary/aromatic N) is 1. The first-order valence-corrected chi connectivity index (χ1v) is 19.3. The Kier molecular flexibility index (Phi) is 7.82. The molecular formula is C54H35NO2. The van der Waals surface area contributed by atoms with Crippen LogP contribution < -0.4 is 14.4 Å². The Hall–Kier alpha value is -7.62. The van der Waals surface area contributed by atoms with Crippen LogP contribution in [0.5, 0.6) is 23.0 Å². The number of fused-ring (bicyclic) bond motifs is 8. The molecule has 0 saturated heterocycles. The third-order valence-corrected chi connectivity index (χ3v) is 11.1. The van der Waals surface area contributed by atoms with Crippen molar-refractivity contribution in [3.8, 4) is 56.4 Å². The van der Waals surface area contributed by atoms with Gasteiger partial charge in [0.05, 0.1) is 0 Å². The van der Waals surface area contributed by atoms with E-state index in [4.69, 9.17) is 9.47 Å². The highest BCUT2D eigenvalue weighted by Crippen LogP contribution is 2.55. The average Bonchev–Trinajstić information content (AvgIpc) is 3.29. The molecule has 268 valence electrons. The van der Waals surface area contributed by atoms with Crippen molar-refractivity contribution >= 4 is 49.4 Å². The van der Waals surface area contributed by atoms with Crippen LogP contribution in [0, 0.1) is 0 Å². The van der Waals surface area contributed by atoms with E-state index in [1.807, 2.05) is 12.1 Å². The van der Waals surface area contributed by atoms with Gasteiger partial charge >= 0.3 is 0 Å². The molecule has 10 aromatic carbocycles. The van der Waals surface area contributed by atoms with Gasteiger partial charge in [0.2, 0.25) is 0 Å². The summed E-state index contributed by atoms with van der Waals surface area (Å²) in [5.74, 6) is 2.93. The molecule has 1 aliphatic heterocycles. The summed E-state index contributed by atoms with van der Waals surface area (Å²) in [7, 11) is 0. The van der Waals surface area contributed by atoms with Crippen molar-refractivity contribution in [2.45, 2.75) is 0 Å². The maximum atomic E-state index is 6.90. The molecular weight excluding hydrogens is 695 g/mol. The van der Waals surface area contributed by atoms with E-state index >= 15 is 0 Å². The zero-order valence-electron chi connectivity index (χ0n) is 31.0. The number of anilines is 3. The van der Waals surface area contributed by atoms with E-state index in [0.717, 1.165) is 78.1 Å². The highest BCUT2D eigenvalue weighted by Gasteiger charge is 2.27. The van der Waals surface area contributed by atoms with Gasteiger partial charge in [0.15, 0.2) is 23.0 Å². The molecule has 0 unspecified atom stereocenters. The second-order valence-electron chi connectivity index (χ2n) is 14.5. The second kappa shape index (κ2) is 13.6. The number of para-hydroxylation sites is 2. The lowest BCUT2D eigenvalue weighted by molar-refractivity contribution is 0.368. The largest absolute Gasteiger partial charge is 0.449 e. The van der Waals surface area contributed by atoms with Crippen molar-refractivity contribution < 1.29 is 9.47 Å². The lowest BCUT2D eigenvalue weighted by Crippen LogP contribution is -2.09. The van der Waals surface area contributed by atoms with Gasteiger partial charge in [-0.2, -0.15) is 0 Å². The van der Waals surface area contributed by atoms with E-state index in [0.29, 0.717) is 5.75 Å². The zero-order valence-corrected chi connectivity index (χ0v) is 31.0. The standard InChI is InChI=1S/C54H35NO2/c1-2-18-43(19-3-1)55(44-31-29-37(30-32-44)41-28-27-36-13-4-5-14-38(36)33-41)45-20-11-16-40(35-45)39-15-10-17-42(34-39)46-25-12-26-51-52(46)57-54-50-24-9-7-22-48(50)47-21-6-8-23-49(47)53(54)56-51/h1-35H. The Morgan fingerprint density at radius 2 is 0.825 bits per heavy atom. The van der Waals surface area contributed by atoms with Crippen LogP contribution in [0.4, 0.5) is 17.1 Å². The Bertz CT molecular complexity index is 3130. The Labute approximate surface area is 331 Å². The molecule has 0 saturated carbocycles. The average molecular weight is 730 g/mol. The van der Waals surface area contributed by atoms with Crippen LogP contribution >= 0.6 is 0 Å². The summed E-state index contributed by atoms with van der Waals surface area (Å²) in [5, 5.41) is 6.85. The van der Waals surface area contributed by atoms with Gasteiger partial charge in [0, 0.05) is 33.4 Å². The fraction of sp³-hybridized carbons (Fsp3) is 0. The molecule has 10 aromatic rings. The first kappa shape index (κ1) is 32.8. The summed E-state index contributed by atoms with van der Waals surface area (Å²) in [6, 6.07) is 75.0. The maximum absolute atomic E-state index is 6.90. The minimum Gasteiger partial charge on any atom is -0.449 e. The third-order valence-electron chi connectivity index (χ3n) is 11.1. The molecule has 1 aliphatic rings. The van der Waals surface area contributed by atoms with Gasteiger partial charge in [-0.3, -0.25) is 0 Å². The molecule has 0 bridgehead atoms. The number of benzene rings is 10. The zero-order chi connectivity index (χ0) is 37.7. The molecule has 3 nitrogen and oxygen atoms in total. The van der Waals surface area contributed by atoms with Crippen molar-refractivity contribution in [3.63, 3.8) is 0 Å². The fourth-order valence-electron chi connectivity index (χ4n) is 8.31. The van der Waals surface area contributed by atoms with Crippen LogP contribution in [-0.4, -0.2) is 0 Å². The molecule has 0 aromatic heterocycles. The molecule has 0 atom stereocenters. The lowest BCUT2D eigenvalue weighted by atomic mass is 9.96. The van der Waals surface area contributed by atoms with Gasteiger partial charge in [-0.05, 0) is 104 Å². The number of hydrogen-bond donors (Lipinski definition) is 0. The van der Waals surface area contributed by atoms with E-state index in [9.17, 15) is 0 Å². The predicted octanol–water partition coefficient (Wildman–Crippen LogP) is 15.5. The topological polar surface area (TPSA) is 21.7 Å². The van der Waals surface area contributed by atoms with Gasteiger partial charge in [0.25, 0.3) is 0 Å². The van der Waals surface area contributed by atoms with Gasteiger partial charge in [-0.25, -0.2) is 0 Å². The van der Waals surface area contributed by atoms with E-state index in [-0.39, 0.29) is 0 Å². The number of rotatable bonds is 6. The van der Waals surface area contributed by atoms with Gasteiger partial charge in [-0.1, -0.05) is 158 Å². The van der Waals surface area contributed by atoms with E-state index in [1.165, 1.54) is 21.9 Å². The van der Waals surface area contributed by atoms with Crippen molar-refractivity contribution in [1.82, 2.24) is 0 Å². The van der Waals surface area contributed by atoms with Crippen LogP contribution in [0.3, 0.4) is 0 Å². The SMILES string of the molecule is c1ccc(N(c2ccc(-c3ccc4ccccc4c3)cc2)c2cccc(-c3cccc(-c4cccc5c4Oc4c(c6ccccc6c6ccccc46)O5)c3)c2)cc1. The highest BCUT2D eigenvalue weighted by molar-refractivity contribution is 6.14. The summed E-state index contributed by atoms with van der Waals surface area (Å²) >= 11 is 0. The van der Waals surface area contributed by atoms with Crippen LogP contribution in [-0.2, 0) is 0 Å². The molecule has 0 amide bonds. The van der Waals surface area contributed by atoms with E-state index in [1.54, 1.807) is 0 Å². The predicted molar refractivity (Wildman–Crippen MR) is 237 cm³/mol. The van der Waals surface area contributed by atoms with Crippen LogP contribution in [0.15, 0.2) is 212 Å². The molecule has 0 N–H and O–H groups in total. The van der Waals surface area contributed by atoms with E-state index < -0.39 is 0 Å². The molecule has 0 radical (unpaired) electrons. The van der Waals surface area contributed by atoms with Crippen molar-refractivity contribution in [2.24, 2.45) is 0 Å². The van der Waals surface area contributed by atoms with Crippen LogP contribution in [0.1, 0.15) is 0 Å². The summed E-state index contributed by atoms with van der Waals surface area (Å²) in [4.78, 5) is 2.32. The molecule has 57 heavy (non-hydrogen) atoms. The third kappa shape index (κ3) is 5.76.